The van der Waals surface area contributed by atoms with Gasteiger partial charge in [-0.1, -0.05) is 11.6 Å². The lowest BCUT2D eigenvalue weighted by Gasteiger charge is -2.37. The Morgan fingerprint density at radius 1 is 1.11 bits per heavy atom. The summed E-state index contributed by atoms with van der Waals surface area (Å²) in [6.07, 6.45) is 0.712. The van der Waals surface area contributed by atoms with Crippen LogP contribution in [0.25, 0.3) is 0 Å². The van der Waals surface area contributed by atoms with Crippen molar-refractivity contribution in [2.75, 3.05) is 68.7 Å². The quantitative estimate of drug-likeness (QED) is 0.189. The summed E-state index contributed by atoms with van der Waals surface area (Å²) in [6, 6.07) is 6.37. The minimum atomic E-state index is -4.81. The van der Waals surface area contributed by atoms with Crippen LogP contribution < -0.4 is 20.1 Å². The van der Waals surface area contributed by atoms with Crippen LogP contribution in [-0.4, -0.2) is 107 Å². The lowest BCUT2D eigenvalue weighted by atomic mass is 9.96. The van der Waals surface area contributed by atoms with Gasteiger partial charge in [0, 0.05) is 37.0 Å². The average molecular weight is 679 g/mol. The van der Waals surface area contributed by atoms with E-state index in [1.165, 1.54) is 31.4 Å². The Hall–Kier alpha value is -2.77. The lowest BCUT2D eigenvalue weighted by Crippen LogP contribution is -2.46. The molecule has 5 rings (SSSR count). The first-order valence-electron chi connectivity index (χ1n) is 13.5. The molecule has 0 radical (unpaired) electrons. The van der Waals surface area contributed by atoms with Crippen LogP contribution >= 0.6 is 11.6 Å². The smallest absolute Gasteiger partial charge is 0.272 e. The highest BCUT2D eigenvalue weighted by atomic mass is 35.5. The minimum absolute atomic E-state index is 0.0450. The van der Waals surface area contributed by atoms with E-state index in [4.69, 9.17) is 30.5 Å². The predicted molar refractivity (Wildman–Crippen MR) is 160 cm³/mol. The molecular formula is C26H32ClFN4O10S2. The summed E-state index contributed by atoms with van der Waals surface area (Å²) in [4.78, 5) is 6.53. The Morgan fingerprint density at radius 3 is 2.43 bits per heavy atom. The van der Waals surface area contributed by atoms with Crippen LogP contribution in [0.5, 0.6) is 11.5 Å². The van der Waals surface area contributed by atoms with Crippen molar-refractivity contribution in [1.29, 1.82) is 0 Å². The Morgan fingerprint density at radius 2 is 1.82 bits per heavy atom. The van der Waals surface area contributed by atoms with Crippen molar-refractivity contribution in [2.24, 2.45) is 4.99 Å². The highest BCUT2D eigenvalue weighted by molar-refractivity contribution is 7.86. The van der Waals surface area contributed by atoms with Crippen molar-refractivity contribution in [3.05, 3.63) is 46.7 Å². The van der Waals surface area contributed by atoms with E-state index in [2.05, 4.69) is 20.5 Å². The molecule has 2 saturated heterocycles. The van der Waals surface area contributed by atoms with Crippen LogP contribution in [0.2, 0.25) is 5.02 Å². The fourth-order valence-corrected chi connectivity index (χ4v) is 6.98. The number of halogens is 2. The maximum atomic E-state index is 13.9. The zero-order valence-corrected chi connectivity index (χ0v) is 25.9. The van der Waals surface area contributed by atoms with Gasteiger partial charge in [-0.2, -0.15) is 16.8 Å². The largest absolute Gasteiger partial charge is 0.493 e. The number of benzene rings is 2. The zero-order chi connectivity index (χ0) is 31.7. The van der Waals surface area contributed by atoms with Gasteiger partial charge in [-0.05, 0) is 30.7 Å². The van der Waals surface area contributed by atoms with Gasteiger partial charge >= 0.3 is 0 Å². The van der Waals surface area contributed by atoms with Crippen LogP contribution in [-0.2, 0) is 35.4 Å². The Balaban J connectivity index is 1.46. The normalized spacial score (nSPS) is 23.7. The van der Waals surface area contributed by atoms with E-state index in [1.807, 2.05) is 0 Å². The number of aliphatic imine (C=N–C) groups is 1. The molecule has 44 heavy (non-hydrogen) atoms. The first kappa shape index (κ1) is 32.6. The minimum Gasteiger partial charge on any atom is -0.493 e. The molecular weight excluding hydrogens is 647 g/mol. The SMILES string of the molecule is COc1cc2c(cc1OCCCN1C[C@@H]3OCCO[C@@H]3C1)C(CS(=O)(=O)O)(Nc1ccc(F)c(Cl)c1)N=C(CS(=O)(=O)O)N2. The average Bonchev–Trinajstić information content (AvgIpc) is 3.34. The monoisotopic (exact) mass is 678 g/mol. The summed E-state index contributed by atoms with van der Waals surface area (Å²) >= 11 is 5.95. The third-order valence-corrected chi connectivity index (χ3v) is 8.96. The molecule has 2 aromatic carbocycles. The second kappa shape index (κ2) is 12.9. The van der Waals surface area contributed by atoms with Crippen LogP contribution in [0.15, 0.2) is 35.3 Å². The molecule has 3 aliphatic heterocycles. The van der Waals surface area contributed by atoms with Crippen molar-refractivity contribution in [1.82, 2.24) is 4.90 Å². The second-order valence-electron chi connectivity index (χ2n) is 10.6. The van der Waals surface area contributed by atoms with Crippen LogP contribution in [0, 0.1) is 5.82 Å². The van der Waals surface area contributed by atoms with Gasteiger partial charge in [-0.15, -0.1) is 0 Å². The molecule has 0 bridgehead atoms. The van der Waals surface area contributed by atoms with Gasteiger partial charge < -0.3 is 29.6 Å². The zero-order valence-electron chi connectivity index (χ0n) is 23.5. The van der Waals surface area contributed by atoms with Crippen LogP contribution in [0.1, 0.15) is 12.0 Å². The maximum absolute atomic E-state index is 13.9. The van der Waals surface area contributed by atoms with Crippen molar-refractivity contribution < 1.29 is 49.3 Å². The van der Waals surface area contributed by atoms with Gasteiger partial charge in [0.2, 0.25) is 0 Å². The number of likely N-dealkylation sites (tertiary alicyclic amines) is 1. The van der Waals surface area contributed by atoms with Crippen molar-refractivity contribution in [3.63, 3.8) is 0 Å². The van der Waals surface area contributed by atoms with E-state index in [-0.39, 0.29) is 58.1 Å². The third kappa shape index (κ3) is 7.89. The highest BCUT2D eigenvalue weighted by Crippen LogP contribution is 2.44. The molecule has 1 unspecified atom stereocenters. The first-order valence-corrected chi connectivity index (χ1v) is 17.1. The summed E-state index contributed by atoms with van der Waals surface area (Å²) in [5.41, 5.74) is -1.73. The third-order valence-electron chi connectivity index (χ3n) is 7.25. The molecule has 18 heteroatoms. The van der Waals surface area contributed by atoms with E-state index >= 15 is 0 Å². The summed E-state index contributed by atoms with van der Waals surface area (Å²) < 4.78 is 105. The Labute approximate surface area is 259 Å². The number of nitrogens with one attached hydrogen (secondary N) is 2. The maximum Gasteiger partial charge on any atom is 0.272 e. The fraction of sp³-hybridized carbons (Fsp3) is 0.500. The molecule has 14 nitrogen and oxygen atoms in total. The second-order valence-corrected chi connectivity index (χ2v) is 13.9. The Bertz CT molecular complexity index is 1630. The molecule has 0 aliphatic carbocycles. The molecule has 0 amide bonds. The Kier molecular flexibility index (Phi) is 9.58. The molecule has 3 aliphatic rings. The van der Waals surface area contributed by atoms with Crippen molar-refractivity contribution in [3.8, 4) is 11.5 Å². The predicted octanol–water partition coefficient (Wildman–Crippen LogP) is 2.22. The van der Waals surface area contributed by atoms with E-state index < -0.39 is 43.2 Å². The molecule has 2 fully saturated rings. The van der Waals surface area contributed by atoms with Crippen molar-refractivity contribution >= 4 is 49.0 Å². The molecule has 0 aromatic heterocycles. The topological polar surface area (TPSA) is 185 Å². The highest BCUT2D eigenvalue weighted by Gasteiger charge is 2.43. The van der Waals surface area contributed by atoms with E-state index in [1.54, 1.807) is 0 Å². The van der Waals surface area contributed by atoms with Gasteiger partial charge in [0.15, 0.2) is 17.2 Å². The number of methoxy groups -OCH3 is 1. The number of rotatable bonds is 12. The van der Waals surface area contributed by atoms with Crippen molar-refractivity contribution in [2.45, 2.75) is 24.3 Å². The summed E-state index contributed by atoms with van der Waals surface area (Å²) in [5, 5.41) is 5.35. The number of amidine groups is 1. The van der Waals surface area contributed by atoms with E-state index in [0.29, 0.717) is 26.2 Å². The first-order chi connectivity index (χ1) is 20.7. The van der Waals surface area contributed by atoms with Crippen LogP contribution in [0.4, 0.5) is 15.8 Å². The molecule has 4 N–H and O–H groups in total. The number of hydrogen-bond donors (Lipinski definition) is 4. The lowest BCUT2D eigenvalue weighted by molar-refractivity contribution is -0.116. The number of hydrogen-bond acceptors (Lipinski definition) is 12. The number of nitrogens with zero attached hydrogens (tertiary/aromatic N) is 2. The molecule has 2 aromatic rings. The van der Waals surface area contributed by atoms with E-state index in [0.717, 1.165) is 19.2 Å². The molecule has 0 spiro atoms. The van der Waals surface area contributed by atoms with Gasteiger partial charge in [0.25, 0.3) is 20.2 Å². The van der Waals surface area contributed by atoms with Gasteiger partial charge in [-0.3, -0.25) is 14.0 Å². The molecule has 3 heterocycles. The molecule has 242 valence electrons. The van der Waals surface area contributed by atoms with Crippen LogP contribution in [0.3, 0.4) is 0 Å². The van der Waals surface area contributed by atoms with Gasteiger partial charge in [0.05, 0.1) is 49.8 Å². The number of ether oxygens (including phenoxy) is 4. The molecule has 0 saturated carbocycles. The molecule has 3 atom stereocenters. The van der Waals surface area contributed by atoms with E-state index in [9.17, 15) is 30.3 Å². The standard InChI is InChI=1S/C26H32ClFN4O10S2/c1-39-21-11-20-17(10-22(21)40-6-2-5-32-12-23-24(13-32)42-8-7-41-23)26(15-44(36,37)38,31-25(29-20)14-43(33,34)35)30-16-3-4-19(28)18(27)9-16/h3-4,9-11,23-24,30H,2,5-8,12-15H2,1H3,(H,29,31)(H,33,34,35)(H,36,37,38)/t23-,24+,26?. The summed E-state index contributed by atoms with van der Waals surface area (Å²) in [7, 11) is -8.06. The van der Waals surface area contributed by atoms with Gasteiger partial charge in [-0.25, -0.2) is 9.38 Å². The number of fused-ring (bicyclic) bond motifs is 2. The fourth-order valence-electron chi connectivity index (χ4n) is 5.50. The number of anilines is 2. The summed E-state index contributed by atoms with van der Waals surface area (Å²) in [6.45, 7) is 3.61. The summed E-state index contributed by atoms with van der Waals surface area (Å²) in [5.74, 6) is -2.76. The van der Waals surface area contributed by atoms with Gasteiger partial charge in [0.1, 0.15) is 23.2 Å².